The highest BCUT2D eigenvalue weighted by atomic mass is 79.9. The number of pyridine rings is 1. The van der Waals surface area contributed by atoms with Crippen molar-refractivity contribution >= 4 is 27.7 Å². The molecule has 2 N–H and O–H groups in total. The first-order valence-corrected chi connectivity index (χ1v) is 7.67. The van der Waals surface area contributed by atoms with Crippen molar-refractivity contribution in [3.8, 4) is 0 Å². The maximum atomic E-state index is 6.22. The zero-order valence-electron chi connectivity index (χ0n) is 10.3. The molecule has 1 aromatic heterocycles. The zero-order valence-corrected chi connectivity index (χ0v) is 12.7. The molecule has 17 heavy (non-hydrogen) atoms. The van der Waals surface area contributed by atoms with E-state index in [1.165, 1.54) is 12.8 Å². The van der Waals surface area contributed by atoms with E-state index in [-0.39, 0.29) is 0 Å². The number of halogens is 1. The van der Waals surface area contributed by atoms with E-state index in [0.717, 1.165) is 15.9 Å². The van der Waals surface area contributed by atoms with Crippen molar-refractivity contribution < 1.29 is 0 Å². The Labute approximate surface area is 116 Å². The van der Waals surface area contributed by atoms with Crippen LogP contribution in [0.5, 0.6) is 0 Å². The number of aromatic nitrogens is 1. The normalized spacial score (nSPS) is 28.0. The van der Waals surface area contributed by atoms with Crippen LogP contribution in [-0.2, 0) is 0 Å². The van der Waals surface area contributed by atoms with E-state index >= 15 is 0 Å². The first-order chi connectivity index (χ1) is 7.96. The third kappa shape index (κ3) is 3.70. The molecule has 1 aliphatic carbocycles. The van der Waals surface area contributed by atoms with Crippen molar-refractivity contribution in [2.75, 3.05) is 0 Å². The van der Waals surface area contributed by atoms with Crippen LogP contribution in [0, 0.1) is 5.41 Å². The van der Waals surface area contributed by atoms with E-state index < -0.39 is 0 Å². The van der Waals surface area contributed by atoms with Gasteiger partial charge in [-0.3, -0.25) is 0 Å². The molecule has 0 saturated heterocycles. The standard InChI is InChI=1S/C13H19BrN2S/c1-13(2)6-5-10(15)11(7-13)17-12-4-3-9(14)8-16-12/h3-4,8,10-11H,5-7,15H2,1-2H3. The fourth-order valence-electron chi connectivity index (χ4n) is 2.26. The van der Waals surface area contributed by atoms with E-state index in [9.17, 15) is 0 Å². The van der Waals surface area contributed by atoms with Gasteiger partial charge in [0.1, 0.15) is 0 Å². The highest BCUT2D eigenvalue weighted by Crippen LogP contribution is 2.41. The summed E-state index contributed by atoms with van der Waals surface area (Å²) in [5.74, 6) is 0. The molecule has 2 atom stereocenters. The average Bonchev–Trinajstić information content (AvgIpc) is 2.26. The van der Waals surface area contributed by atoms with Crippen LogP contribution in [0.2, 0.25) is 0 Å². The van der Waals surface area contributed by atoms with Gasteiger partial charge < -0.3 is 5.73 Å². The average molecular weight is 315 g/mol. The summed E-state index contributed by atoms with van der Waals surface area (Å²) in [7, 11) is 0. The van der Waals surface area contributed by atoms with Gasteiger partial charge in [0.25, 0.3) is 0 Å². The number of rotatable bonds is 2. The lowest BCUT2D eigenvalue weighted by Crippen LogP contribution is -2.41. The molecule has 2 rings (SSSR count). The fourth-order valence-corrected chi connectivity index (χ4v) is 3.91. The van der Waals surface area contributed by atoms with Gasteiger partial charge >= 0.3 is 0 Å². The molecule has 2 nitrogen and oxygen atoms in total. The molecular weight excluding hydrogens is 296 g/mol. The molecule has 94 valence electrons. The number of thioether (sulfide) groups is 1. The summed E-state index contributed by atoms with van der Waals surface area (Å²) >= 11 is 5.23. The monoisotopic (exact) mass is 314 g/mol. The quantitative estimate of drug-likeness (QED) is 0.901. The van der Waals surface area contributed by atoms with Crippen LogP contribution in [0.15, 0.2) is 27.8 Å². The van der Waals surface area contributed by atoms with Gasteiger partial charge in [-0.15, -0.1) is 11.8 Å². The second kappa shape index (κ2) is 5.29. The van der Waals surface area contributed by atoms with E-state index in [1.54, 1.807) is 0 Å². The summed E-state index contributed by atoms with van der Waals surface area (Å²) in [6, 6.07) is 4.40. The zero-order chi connectivity index (χ0) is 12.5. The fraction of sp³-hybridized carbons (Fsp3) is 0.615. The number of hydrogen-bond donors (Lipinski definition) is 1. The van der Waals surface area contributed by atoms with Gasteiger partial charge in [-0.25, -0.2) is 4.98 Å². The molecule has 1 heterocycles. The van der Waals surface area contributed by atoms with Gasteiger partial charge in [-0.05, 0) is 52.7 Å². The molecule has 0 amide bonds. The maximum absolute atomic E-state index is 6.22. The lowest BCUT2D eigenvalue weighted by Gasteiger charge is -2.38. The molecule has 0 bridgehead atoms. The summed E-state index contributed by atoms with van der Waals surface area (Å²) < 4.78 is 1.02. The molecule has 0 spiro atoms. The van der Waals surface area contributed by atoms with Crippen molar-refractivity contribution in [2.45, 2.75) is 49.4 Å². The third-order valence-electron chi connectivity index (χ3n) is 3.36. The molecule has 1 aliphatic rings. The molecule has 4 heteroatoms. The molecule has 0 radical (unpaired) electrons. The Morgan fingerprint density at radius 1 is 1.47 bits per heavy atom. The second-order valence-corrected chi connectivity index (χ2v) is 7.72. The van der Waals surface area contributed by atoms with Gasteiger partial charge in [0.15, 0.2) is 0 Å². The van der Waals surface area contributed by atoms with Gasteiger partial charge in [0.05, 0.1) is 5.03 Å². The minimum Gasteiger partial charge on any atom is -0.327 e. The van der Waals surface area contributed by atoms with Crippen LogP contribution in [0.1, 0.15) is 33.1 Å². The topological polar surface area (TPSA) is 38.9 Å². The van der Waals surface area contributed by atoms with E-state index in [2.05, 4.69) is 40.8 Å². The van der Waals surface area contributed by atoms with Gasteiger partial charge in [-0.2, -0.15) is 0 Å². The van der Waals surface area contributed by atoms with Crippen molar-refractivity contribution in [1.82, 2.24) is 4.98 Å². The molecular formula is C13H19BrN2S. The lowest BCUT2D eigenvalue weighted by atomic mass is 9.75. The summed E-state index contributed by atoms with van der Waals surface area (Å²) in [6.45, 7) is 4.67. The number of hydrogen-bond acceptors (Lipinski definition) is 3. The van der Waals surface area contributed by atoms with Crippen molar-refractivity contribution in [3.05, 3.63) is 22.8 Å². The van der Waals surface area contributed by atoms with Gasteiger partial charge in [0.2, 0.25) is 0 Å². The van der Waals surface area contributed by atoms with Crippen molar-refractivity contribution in [3.63, 3.8) is 0 Å². The molecule has 0 aromatic carbocycles. The number of nitrogens with two attached hydrogens (primary N) is 1. The van der Waals surface area contributed by atoms with Gasteiger partial charge in [0, 0.05) is 22.0 Å². The smallest absolute Gasteiger partial charge is 0.0963 e. The summed E-state index contributed by atoms with van der Waals surface area (Å²) in [4.78, 5) is 4.42. The lowest BCUT2D eigenvalue weighted by molar-refractivity contribution is 0.232. The molecule has 1 fully saturated rings. The third-order valence-corrected chi connectivity index (χ3v) is 5.13. The summed E-state index contributed by atoms with van der Waals surface area (Å²) in [5.41, 5.74) is 6.64. The molecule has 0 aliphatic heterocycles. The highest BCUT2D eigenvalue weighted by Gasteiger charge is 2.33. The van der Waals surface area contributed by atoms with Crippen molar-refractivity contribution in [2.24, 2.45) is 11.1 Å². The van der Waals surface area contributed by atoms with Crippen LogP contribution >= 0.6 is 27.7 Å². The molecule has 1 saturated carbocycles. The summed E-state index contributed by atoms with van der Waals surface area (Å²) in [5, 5.41) is 1.57. The first kappa shape index (κ1) is 13.4. The Bertz CT molecular complexity index is 378. The number of nitrogens with zero attached hydrogens (tertiary/aromatic N) is 1. The second-order valence-electron chi connectivity index (χ2n) is 5.54. The molecule has 1 aromatic rings. The maximum Gasteiger partial charge on any atom is 0.0963 e. The molecule has 2 unspecified atom stereocenters. The van der Waals surface area contributed by atoms with Crippen LogP contribution < -0.4 is 5.73 Å². The van der Waals surface area contributed by atoms with Gasteiger partial charge in [-0.1, -0.05) is 13.8 Å². The Hall–Kier alpha value is -0.0600. The Kier molecular flexibility index (Phi) is 4.16. The largest absolute Gasteiger partial charge is 0.327 e. The minimum atomic E-state index is 0.304. The van der Waals surface area contributed by atoms with E-state index in [0.29, 0.717) is 16.7 Å². The predicted molar refractivity (Wildman–Crippen MR) is 77.2 cm³/mol. The Morgan fingerprint density at radius 3 is 2.88 bits per heavy atom. The van der Waals surface area contributed by atoms with Crippen LogP contribution in [0.25, 0.3) is 0 Å². The van der Waals surface area contributed by atoms with Crippen LogP contribution in [-0.4, -0.2) is 16.3 Å². The predicted octanol–water partition coefficient (Wildman–Crippen LogP) is 3.84. The van der Waals surface area contributed by atoms with Crippen LogP contribution in [0.3, 0.4) is 0 Å². The Morgan fingerprint density at radius 2 is 2.24 bits per heavy atom. The van der Waals surface area contributed by atoms with Crippen LogP contribution in [0.4, 0.5) is 0 Å². The first-order valence-electron chi connectivity index (χ1n) is 6.00. The van der Waals surface area contributed by atoms with E-state index in [1.807, 2.05) is 24.0 Å². The Balaban J connectivity index is 2.04. The highest BCUT2D eigenvalue weighted by molar-refractivity contribution is 9.10. The van der Waals surface area contributed by atoms with Crippen molar-refractivity contribution in [1.29, 1.82) is 0 Å². The van der Waals surface area contributed by atoms with E-state index in [4.69, 9.17) is 5.73 Å². The minimum absolute atomic E-state index is 0.304. The SMILES string of the molecule is CC1(C)CCC(N)C(Sc2ccc(Br)cn2)C1. The summed E-state index contributed by atoms with van der Waals surface area (Å²) in [6.07, 6.45) is 5.39.